The molecule has 9 nitrogen and oxygen atoms in total. The molecule has 1 aliphatic carbocycles. The third-order valence-electron chi connectivity index (χ3n) is 11.9. The number of nitrogens with zero attached hydrogens (tertiary/aromatic N) is 3. The molecule has 0 radical (unpaired) electrons. The summed E-state index contributed by atoms with van der Waals surface area (Å²) in [5.74, 6) is -0.0611. The van der Waals surface area contributed by atoms with E-state index in [1.807, 2.05) is 0 Å². The third-order valence-corrected chi connectivity index (χ3v) is 11.9. The molecule has 0 aromatic rings. The van der Waals surface area contributed by atoms with Gasteiger partial charge in [0.05, 0.1) is 19.3 Å². The minimum Gasteiger partial charge on any atom is -0.466 e. The zero-order valence-electron chi connectivity index (χ0n) is 39.0. The maximum atomic E-state index is 12.6. The van der Waals surface area contributed by atoms with Gasteiger partial charge in [-0.25, -0.2) is 4.79 Å². The van der Waals surface area contributed by atoms with E-state index in [0.717, 1.165) is 116 Å². The van der Waals surface area contributed by atoms with Crippen molar-refractivity contribution in [3.8, 4) is 0 Å². The highest BCUT2D eigenvalue weighted by molar-refractivity contribution is 5.69. The molecular formula is C49H97N3O6. The fourth-order valence-electron chi connectivity index (χ4n) is 8.28. The van der Waals surface area contributed by atoms with E-state index in [2.05, 4.69) is 42.8 Å². The summed E-state index contributed by atoms with van der Waals surface area (Å²) in [5.41, 5.74) is 0. The Morgan fingerprint density at radius 1 is 0.534 bits per heavy atom. The second kappa shape index (κ2) is 41.0. The molecule has 1 rings (SSSR count). The number of hydrogen-bond donors (Lipinski definition) is 1. The van der Waals surface area contributed by atoms with Gasteiger partial charge in [-0.2, -0.15) is 0 Å². The lowest BCUT2D eigenvalue weighted by molar-refractivity contribution is -0.143. The van der Waals surface area contributed by atoms with Gasteiger partial charge in [-0.15, -0.1) is 0 Å². The molecule has 0 amide bonds. The largest absolute Gasteiger partial charge is 0.508 e. The standard InChI is InChI=1S/C49H97N3O6/c1-5-6-7-8-9-17-20-24-32-42-56-48(54)37-29-26-31-41-52(45-46(53)44-51(4)39-34-38-50(2)3)40-30-23-25-33-43-57-49(55)58-47-35-27-21-18-15-13-11-10-12-14-16-19-22-28-36-47/h46-47,53H,5-45H2,1-4H3. The van der Waals surface area contributed by atoms with Crippen molar-refractivity contribution in [1.29, 1.82) is 0 Å². The lowest BCUT2D eigenvalue weighted by atomic mass is 10.00. The van der Waals surface area contributed by atoms with E-state index >= 15 is 0 Å². The number of rotatable bonds is 32. The topological polar surface area (TPSA) is 91.8 Å². The Morgan fingerprint density at radius 2 is 1.00 bits per heavy atom. The van der Waals surface area contributed by atoms with E-state index in [1.54, 1.807) is 0 Å². The predicted octanol–water partition coefficient (Wildman–Crippen LogP) is 12.1. The molecule has 58 heavy (non-hydrogen) atoms. The lowest BCUT2D eigenvalue weighted by Gasteiger charge is -2.28. The van der Waals surface area contributed by atoms with Crippen LogP contribution in [0.15, 0.2) is 0 Å². The Labute approximate surface area is 359 Å². The summed E-state index contributed by atoms with van der Waals surface area (Å²) in [6.45, 7) is 8.44. The van der Waals surface area contributed by atoms with Crippen molar-refractivity contribution in [2.24, 2.45) is 0 Å². The SMILES string of the molecule is CCCCCCCCCCCOC(=O)CCCCCN(CCCCCCOC(=O)OC1CCCCCCCCCCCCCCC1)CC(O)CN(C)CCCN(C)C. The molecule has 1 atom stereocenters. The molecule has 0 heterocycles. The van der Waals surface area contributed by atoms with Crippen molar-refractivity contribution < 1.29 is 28.9 Å². The molecule has 344 valence electrons. The summed E-state index contributed by atoms with van der Waals surface area (Å²) in [4.78, 5) is 31.8. The van der Waals surface area contributed by atoms with Crippen LogP contribution in [0.5, 0.6) is 0 Å². The number of carbonyl (C=O) groups is 2. The van der Waals surface area contributed by atoms with Crippen LogP contribution in [-0.4, -0.2) is 118 Å². The average Bonchev–Trinajstić information content (AvgIpc) is 3.18. The molecule has 1 saturated carbocycles. The van der Waals surface area contributed by atoms with Gasteiger partial charge in [0.1, 0.15) is 6.10 Å². The first kappa shape index (κ1) is 54.6. The van der Waals surface area contributed by atoms with Gasteiger partial charge < -0.3 is 34.0 Å². The van der Waals surface area contributed by atoms with Crippen molar-refractivity contribution in [2.45, 2.75) is 231 Å². The second-order valence-electron chi connectivity index (χ2n) is 18.2. The quantitative estimate of drug-likeness (QED) is 0.0526. The summed E-state index contributed by atoms with van der Waals surface area (Å²) < 4.78 is 16.9. The zero-order valence-corrected chi connectivity index (χ0v) is 39.0. The van der Waals surface area contributed by atoms with Crippen LogP contribution in [0, 0.1) is 0 Å². The lowest BCUT2D eigenvalue weighted by Crippen LogP contribution is -2.40. The van der Waals surface area contributed by atoms with Crippen LogP contribution in [0.1, 0.15) is 219 Å². The van der Waals surface area contributed by atoms with E-state index in [-0.39, 0.29) is 12.1 Å². The highest BCUT2D eigenvalue weighted by Gasteiger charge is 2.17. The first-order chi connectivity index (χ1) is 28.3. The van der Waals surface area contributed by atoms with Gasteiger partial charge in [-0.1, -0.05) is 148 Å². The van der Waals surface area contributed by atoms with E-state index < -0.39 is 12.3 Å². The Kier molecular flexibility index (Phi) is 38.6. The fourth-order valence-corrected chi connectivity index (χ4v) is 8.28. The number of hydrogen-bond acceptors (Lipinski definition) is 9. The van der Waals surface area contributed by atoms with Gasteiger partial charge >= 0.3 is 12.1 Å². The van der Waals surface area contributed by atoms with Crippen LogP contribution in [0.25, 0.3) is 0 Å². The normalized spacial score (nSPS) is 16.2. The summed E-state index contributed by atoms with van der Waals surface area (Å²) in [6.07, 6.45) is 37.6. The molecule has 1 unspecified atom stereocenters. The highest BCUT2D eigenvalue weighted by atomic mass is 16.7. The van der Waals surface area contributed by atoms with Crippen LogP contribution in [0.2, 0.25) is 0 Å². The van der Waals surface area contributed by atoms with Crippen molar-refractivity contribution in [2.75, 3.05) is 73.6 Å². The molecule has 0 aromatic heterocycles. The highest BCUT2D eigenvalue weighted by Crippen LogP contribution is 2.19. The maximum absolute atomic E-state index is 12.6. The molecule has 1 aliphatic rings. The third kappa shape index (κ3) is 37.6. The van der Waals surface area contributed by atoms with E-state index in [4.69, 9.17) is 14.2 Å². The molecule has 0 aromatic carbocycles. The van der Waals surface area contributed by atoms with Gasteiger partial charge in [0.25, 0.3) is 0 Å². The van der Waals surface area contributed by atoms with Crippen molar-refractivity contribution >= 4 is 12.1 Å². The van der Waals surface area contributed by atoms with Crippen LogP contribution in [-0.2, 0) is 19.0 Å². The van der Waals surface area contributed by atoms with E-state index in [1.165, 1.54) is 116 Å². The summed E-state index contributed by atoms with van der Waals surface area (Å²) in [6, 6.07) is 0. The first-order valence-electron chi connectivity index (χ1n) is 25.0. The summed E-state index contributed by atoms with van der Waals surface area (Å²) >= 11 is 0. The van der Waals surface area contributed by atoms with Gasteiger partial charge in [0, 0.05) is 19.5 Å². The number of aliphatic hydroxyl groups is 1. The average molecular weight is 824 g/mol. The second-order valence-corrected chi connectivity index (χ2v) is 18.2. The van der Waals surface area contributed by atoms with Crippen LogP contribution < -0.4 is 0 Å². The molecular weight excluding hydrogens is 727 g/mol. The Morgan fingerprint density at radius 3 is 1.53 bits per heavy atom. The number of likely N-dealkylation sites (N-methyl/N-ethyl adjacent to an activating group) is 1. The van der Waals surface area contributed by atoms with Gasteiger partial charge in [0.15, 0.2) is 0 Å². The van der Waals surface area contributed by atoms with Crippen LogP contribution in [0.4, 0.5) is 4.79 Å². The fraction of sp³-hybridized carbons (Fsp3) is 0.959. The first-order valence-corrected chi connectivity index (χ1v) is 25.0. The molecule has 9 heteroatoms. The Balaban J connectivity index is 2.35. The van der Waals surface area contributed by atoms with Crippen molar-refractivity contribution in [3.05, 3.63) is 0 Å². The number of ether oxygens (including phenoxy) is 3. The number of aliphatic hydroxyl groups excluding tert-OH is 1. The Hall–Kier alpha value is -1.42. The van der Waals surface area contributed by atoms with Gasteiger partial charge in [-0.3, -0.25) is 4.79 Å². The summed E-state index contributed by atoms with van der Waals surface area (Å²) in [7, 11) is 6.30. The Bertz CT molecular complexity index is 892. The number of carbonyl (C=O) groups excluding carboxylic acids is 2. The molecule has 0 aliphatic heterocycles. The van der Waals surface area contributed by atoms with Crippen LogP contribution >= 0.6 is 0 Å². The number of esters is 1. The number of unbranched alkanes of at least 4 members (excludes halogenated alkanes) is 13. The molecule has 1 N–H and O–H groups in total. The van der Waals surface area contributed by atoms with Crippen LogP contribution in [0.3, 0.4) is 0 Å². The monoisotopic (exact) mass is 824 g/mol. The molecule has 0 bridgehead atoms. The van der Waals surface area contributed by atoms with Gasteiger partial charge in [-0.05, 0) is 112 Å². The predicted molar refractivity (Wildman–Crippen MR) is 244 cm³/mol. The van der Waals surface area contributed by atoms with Gasteiger partial charge in [0.2, 0.25) is 0 Å². The van der Waals surface area contributed by atoms with E-state index in [9.17, 15) is 14.7 Å². The maximum Gasteiger partial charge on any atom is 0.508 e. The van der Waals surface area contributed by atoms with Crippen molar-refractivity contribution in [3.63, 3.8) is 0 Å². The molecule has 1 fully saturated rings. The van der Waals surface area contributed by atoms with Crippen molar-refractivity contribution in [1.82, 2.24) is 14.7 Å². The zero-order chi connectivity index (χ0) is 42.2. The summed E-state index contributed by atoms with van der Waals surface area (Å²) in [5, 5.41) is 11.0. The molecule has 0 spiro atoms. The molecule has 0 saturated heterocycles. The minimum absolute atomic E-state index is 0.0113. The van der Waals surface area contributed by atoms with E-state index in [0.29, 0.717) is 32.7 Å². The smallest absolute Gasteiger partial charge is 0.466 e. The minimum atomic E-state index is -0.488.